The van der Waals surface area contributed by atoms with Crippen molar-refractivity contribution in [1.29, 1.82) is 0 Å². The summed E-state index contributed by atoms with van der Waals surface area (Å²) in [6, 6.07) is 4.59. The molecule has 0 aromatic heterocycles. The summed E-state index contributed by atoms with van der Waals surface area (Å²) in [7, 11) is 0. The lowest BCUT2D eigenvalue weighted by atomic mass is 10.0. The second-order valence-electron chi connectivity index (χ2n) is 2.97. The minimum absolute atomic E-state index is 0.348. The monoisotopic (exact) mass is 219 g/mol. The van der Waals surface area contributed by atoms with Crippen LogP contribution >= 0.6 is 23.2 Å². The maximum absolute atomic E-state index is 9.62. The van der Waals surface area contributed by atoms with E-state index in [0.29, 0.717) is 15.6 Å². The molecule has 4 heteroatoms. The molecule has 1 aromatic rings. The first-order valence-electron chi connectivity index (χ1n) is 3.91. The van der Waals surface area contributed by atoms with Crippen molar-refractivity contribution in [2.75, 3.05) is 0 Å². The zero-order valence-electron chi connectivity index (χ0n) is 7.17. The normalized spacial score (nSPS) is 15.5. The van der Waals surface area contributed by atoms with Crippen molar-refractivity contribution in [3.8, 4) is 0 Å². The van der Waals surface area contributed by atoms with E-state index in [1.807, 2.05) is 0 Å². The Labute approximate surface area is 87.3 Å². The van der Waals surface area contributed by atoms with Gasteiger partial charge in [0.05, 0.1) is 6.10 Å². The maximum Gasteiger partial charge on any atom is 0.0952 e. The van der Waals surface area contributed by atoms with Gasteiger partial charge in [0.25, 0.3) is 0 Å². The van der Waals surface area contributed by atoms with Crippen LogP contribution in [0.4, 0.5) is 0 Å². The summed E-state index contributed by atoms with van der Waals surface area (Å²) >= 11 is 11.6. The van der Waals surface area contributed by atoms with Crippen molar-refractivity contribution in [3.63, 3.8) is 0 Å². The van der Waals surface area contributed by atoms with E-state index in [1.54, 1.807) is 25.1 Å². The molecular formula is C9H11Cl2NO. The zero-order valence-corrected chi connectivity index (χ0v) is 8.68. The Morgan fingerprint density at radius 2 is 2.00 bits per heavy atom. The van der Waals surface area contributed by atoms with Gasteiger partial charge in [-0.05, 0) is 19.1 Å². The molecule has 0 amide bonds. The van der Waals surface area contributed by atoms with Crippen LogP contribution in [0.5, 0.6) is 0 Å². The van der Waals surface area contributed by atoms with Gasteiger partial charge in [0, 0.05) is 21.7 Å². The molecule has 13 heavy (non-hydrogen) atoms. The van der Waals surface area contributed by atoms with Crippen LogP contribution in [0.3, 0.4) is 0 Å². The predicted molar refractivity (Wildman–Crippen MR) is 55.1 cm³/mol. The van der Waals surface area contributed by atoms with E-state index in [4.69, 9.17) is 28.9 Å². The summed E-state index contributed by atoms with van der Waals surface area (Å²) in [4.78, 5) is 0. The minimum atomic E-state index is -0.746. The van der Waals surface area contributed by atoms with Crippen molar-refractivity contribution < 1.29 is 5.11 Å². The standard InChI is InChI=1S/C9H11Cl2NO/c1-5(12)9(13)7-3-2-6(10)4-8(7)11/h2-5,9,13H,12H2,1H3. The van der Waals surface area contributed by atoms with Crippen LogP contribution in [0.15, 0.2) is 18.2 Å². The molecule has 2 nitrogen and oxygen atoms in total. The highest BCUT2D eigenvalue weighted by Crippen LogP contribution is 2.27. The molecule has 72 valence electrons. The largest absolute Gasteiger partial charge is 0.387 e. The molecule has 0 bridgehead atoms. The summed E-state index contributed by atoms with van der Waals surface area (Å²) in [5.74, 6) is 0. The van der Waals surface area contributed by atoms with E-state index in [1.165, 1.54) is 0 Å². The van der Waals surface area contributed by atoms with Crippen LogP contribution in [0, 0.1) is 0 Å². The second kappa shape index (κ2) is 4.29. The van der Waals surface area contributed by atoms with Crippen molar-refractivity contribution in [2.45, 2.75) is 19.1 Å². The van der Waals surface area contributed by atoms with Gasteiger partial charge in [0.1, 0.15) is 0 Å². The number of halogens is 2. The van der Waals surface area contributed by atoms with Crippen LogP contribution in [0.25, 0.3) is 0 Å². The first-order valence-corrected chi connectivity index (χ1v) is 4.66. The summed E-state index contributed by atoms with van der Waals surface area (Å²) in [6.45, 7) is 1.72. The molecular weight excluding hydrogens is 209 g/mol. The molecule has 2 atom stereocenters. The Balaban J connectivity index is 3.01. The Hall–Kier alpha value is -0.280. The molecule has 0 spiro atoms. The predicted octanol–water partition coefficient (Wildman–Crippen LogP) is 2.37. The van der Waals surface area contributed by atoms with E-state index >= 15 is 0 Å². The first kappa shape index (κ1) is 10.8. The quantitative estimate of drug-likeness (QED) is 0.803. The molecule has 2 unspecified atom stereocenters. The van der Waals surface area contributed by atoms with Crippen molar-refractivity contribution in [3.05, 3.63) is 33.8 Å². The molecule has 0 aliphatic rings. The van der Waals surface area contributed by atoms with E-state index < -0.39 is 6.10 Å². The minimum Gasteiger partial charge on any atom is -0.387 e. The summed E-state index contributed by atoms with van der Waals surface area (Å²) < 4.78 is 0. The van der Waals surface area contributed by atoms with Gasteiger partial charge >= 0.3 is 0 Å². The van der Waals surface area contributed by atoms with Gasteiger partial charge in [-0.15, -0.1) is 0 Å². The molecule has 0 heterocycles. The second-order valence-corrected chi connectivity index (χ2v) is 3.81. The number of aliphatic hydroxyl groups excluding tert-OH is 1. The van der Waals surface area contributed by atoms with Gasteiger partial charge < -0.3 is 10.8 Å². The Morgan fingerprint density at radius 1 is 1.38 bits per heavy atom. The van der Waals surface area contributed by atoms with E-state index in [9.17, 15) is 5.11 Å². The fourth-order valence-corrected chi connectivity index (χ4v) is 1.54. The highest BCUT2D eigenvalue weighted by molar-refractivity contribution is 6.35. The molecule has 0 saturated heterocycles. The summed E-state index contributed by atoms with van der Waals surface area (Å²) in [5, 5.41) is 10.6. The third kappa shape index (κ3) is 2.58. The number of benzene rings is 1. The fourth-order valence-electron chi connectivity index (χ4n) is 1.02. The van der Waals surface area contributed by atoms with Gasteiger partial charge in [-0.1, -0.05) is 29.3 Å². The van der Waals surface area contributed by atoms with Crippen molar-refractivity contribution in [2.24, 2.45) is 5.73 Å². The third-order valence-electron chi connectivity index (χ3n) is 1.78. The highest BCUT2D eigenvalue weighted by Gasteiger charge is 2.15. The number of nitrogens with two attached hydrogens (primary N) is 1. The lowest BCUT2D eigenvalue weighted by molar-refractivity contribution is 0.153. The number of rotatable bonds is 2. The van der Waals surface area contributed by atoms with Crippen LogP contribution < -0.4 is 5.73 Å². The molecule has 0 radical (unpaired) electrons. The van der Waals surface area contributed by atoms with Gasteiger partial charge in [0.2, 0.25) is 0 Å². The van der Waals surface area contributed by atoms with Gasteiger partial charge in [-0.3, -0.25) is 0 Å². The van der Waals surface area contributed by atoms with Crippen molar-refractivity contribution in [1.82, 2.24) is 0 Å². The van der Waals surface area contributed by atoms with E-state index in [0.717, 1.165) is 0 Å². The topological polar surface area (TPSA) is 46.2 Å². The van der Waals surface area contributed by atoms with Gasteiger partial charge in [-0.2, -0.15) is 0 Å². The molecule has 0 saturated carbocycles. The molecule has 0 aliphatic carbocycles. The summed E-state index contributed by atoms with van der Waals surface area (Å²) in [6.07, 6.45) is -0.746. The van der Waals surface area contributed by atoms with Crippen LogP contribution in [0.1, 0.15) is 18.6 Å². The Bertz CT molecular complexity index is 302. The Kier molecular flexibility index (Phi) is 3.56. The molecule has 0 aliphatic heterocycles. The third-order valence-corrected chi connectivity index (χ3v) is 2.34. The lowest BCUT2D eigenvalue weighted by Gasteiger charge is -2.16. The SMILES string of the molecule is CC(N)C(O)c1ccc(Cl)cc1Cl. The van der Waals surface area contributed by atoms with Gasteiger partial charge in [0.15, 0.2) is 0 Å². The summed E-state index contributed by atoms with van der Waals surface area (Å²) in [5.41, 5.74) is 6.15. The van der Waals surface area contributed by atoms with Crippen LogP contribution in [-0.4, -0.2) is 11.1 Å². The lowest BCUT2D eigenvalue weighted by Crippen LogP contribution is -2.24. The number of hydrogen-bond acceptors (Lipinski definition) is 2. The smallest absolute Gasteiger partial charge is 0.0952 e. The maximum atomic E-state index is 9.62. The number of hydrogen-bond donors (Lipinski definition) is 2. The molecule has 0 fully saturated rings. The van der Waals surface area contributed by atoms with Crippen LogP contribution in [0.2, 0.25) is 10.0 Å². The molecule has 3 N–H and O–H groups in total. The molecule has 1 aromatic carbocycles. The highest BCUT2D eigenvalue weighted by atomic mass is 35.5. The van der Waals surface area contributed by atoms with E-state index in [2.05, 4.69) is 0 Å². The van der Waals surface area contributed by atoms with Gasteiger partial charge in [-0.25, -0.2) is 0 Å². The fraction of sp³-hybridized carbons (Fsp3) is 0.333. The average Bonchev–Trinajstić information content (AvgIpc) is 2.03. The first-order chi connectivity index (χ1) is 6.02. The van der Waals surface area contributed by atoms with E-state index in [-0.39, 0.29) is 6.04 Å². The van der Waals surface area contributed by atoms with Crippen LogP contribution in [-0.2, 0) is 0 Å². The van der Waals surface area contributed by atoms with Crippen molar-refractivity contribution >= 4 is 23.2 Å². The average molecular weight is 220 g/mol. The zero-order chi connectivity index (χ0) is 10.0. The number of aliphatic hydroxyl groups is 1. The Morgan fingerprint density at radius 3 is 2.46 bits per heavy atom. The molecule has 1 rings (SSSR count).